The van der Waals surface area contributed by atoms with E-state index in [1.165, 1.54) is 0 Å². The van der Waals surface area contributed by atoms with Crippen molar-refractivity contribution in [1.29, 1.82) is 0 Å². The van der Waals surface area contributed by atoms with E-state index < -0.39 is 30.3 Å². The third-order valence-corrected chi connectivity index (χ3v) is 4.36. The van der Waals surface area contributed by atoms with Gasteiger partial charge in [-0.05, 0) is 31.9 Å². The van der Waals surface area contributed by atoms with Gasteiger partial charge in [-0.15, -0.1) is 12.4 Å². The highest BCUT2D eigenvalue weighted by Crippen LogP contribution is 2.30. The number of benzene rings is 1. The maximum atomic E-state index is 13.2. The fourth-order valence-electron chi connectivity index (χ4n) is 2.86. The Labute approximate surface area is 152 Å². The summed E-state index contributed by atoms with van der Waals surface area (Å²) in [5, 5.41) is 2.28. The van der Waals surface area contributed by atoms with Gasteiger partial charge < -0.3 is 16.0 Å². The highest BCUT2D eigenvalue weighted by molar-refractivity contribution is 5.95. The molecule has 2 amide bonds. The minimum atomic E-state index is -3.12. The number of nitrogens with two attached hydrogens (primary N) is 1. The molecule has 1 aromatic rings. The van der Waals surface area contributed by atoms with Gasteiger partial charge in [-0.25, -0.2) is 8.78 Å². The van der Waals surface area contributed by atoms with Gasteiger partial charge in [0.25, 0.3) is 11.8 Å². The standard InChI is InChI=1S/C17H23F2N3O2.ClH/c1-16(15(24)21-11-17(18,19)10-20)8-5-9-22(12-16)14(23)13-6-3-2-4-7-13;/h2-4,6-7H,5,8-12,20H2,1H3,(H,21,24);1H. The second-order valence-electron chi connectivity index (χ2n) is 6.50. The van der Waals surface area contributed by atoms with E-state index in [1.807, 2.05) is 6.07 Å². The number of alkyl halides is 2. The zero-order valence-corrected chi connectivity index (χ0v) is 15.0. The lowest BCUT2D eigenvalue weighted by Gasteiger charge is -2.39. The highest BCUT2D eigenvalue weighted by atomic mass is 35.5. The molecule has 0 aliphatic carbocycles. The number of nitrogens with one attached hydrogen (secondary N) is 1. The number of likely N-dealkylation sites (tertiary alicyclic amines) is 1. The molecule has 140 valence electrons. The van der Waals surface area contributed by atoms with E-state index in [1.54, 1.807) is 36.1 Å². The first-order valence-corrected chi connectivity index (χ1v) is 7.98. The molecular formula is C17H24ClF2N3O2. The summed E-state index contributed by atoms with van der Waals surface area (Å²) < 4.78 is 26.5. The molecule has 0 aromatic heterocycles. The van der Waals surface area contributed by atoms with Gasteiger partial charge in [0, 0.05) is 18.7 Å². The Hall–Kier alpha value is -1.73. The summed E-state index contributed by atoms with van der Waals surface area (Å²) in [6.45, 7) is 0.858. The quantitative estimate of drug-likeness (QED) is 0.827. The number of rotatable bonds is 5. The maximum absolute atomic E-state index is 13.2. The van der Waals surface area contributed by atoms with Crippen LogP contribution in [0.5, 0.6) is 0 Å². The predicted octanol–water partition coefficient (Wildman–Crippen LogP) is 2.06. The van der Waals surface area contributed by atoms with E-state index in [2.05, 4.69) is 5.32 Å². The number of hydrogen-bond donors (Lipinski definition) is 2. The number of carbonyl (C=O) groups excluding carboxylic acids is 2. The average molecular weight is 376 g/mol. The van der Waals surface area contributed by atoms with Gasteiger partial charge in [0.2, 0.25) is 5.91 Å². The van der Waals surface area contributed by atoms with Crippen LogP contribution in [0.1, 0.15) is 30.1 Å². The lowest BCUT2D eigenvalue weighted by Crippen LogP contribution is -2.54. The number of piperidine rings is 1. The van der Waals surface area contributed by atoms with E-state index in [0.717, 1.165) is 0 Å². The van der Waals surface area contributed by atoms with Crippen molar-refractivity contribution in [3.05, 3.63) is 35.9 Å². The Morgan fingerprint density at radius 3 is 2.56 bits per heavy atom. The Morgan fingerprint density at radius 1 is 1.32 bits per heavy atom. The molecule has 0 bridgehead atoms. The van der Waals surface area contributed by atoms with Gasteiger partial charge in [-0.3, -0.25) is 9.59 Å². The average Bonchev–Trinajstić information content (AvgIpc) is 2.60. The van der Waals surface area contributed by atoms with Crippen molar-refractivity contribution in [3.63, 3.8) is 0 Å². The summed E-state index contributed by atoms with van der Waals surface area (Å²) in [6.07, 6.45) is 1.20. The first kappa shape index (κ1) is 21.3. The summed E-state index contributed by atoms with van der Waals surface area (Å²) in [6, 6.07) is 8.81. The lowest BCUT2D eigenvalue weighted by atomic mass is 9.80. The minimum absolute atomic E-state index is 0. The third kappa shape index (κ3) is 5.37. The second-order valence-corrected chi connectivity index (χ2v) is 6.50. The molecule has 8 heteroatoms. The van der Waals surface area contributed by atoms with Crippen LogP contribution >= 0.6 is 12.4 Å². The molecule has 1 heterocycles. The summed E-state index contributed by atoms with van der Waals surface area (Å²) in [7, 11) is 0. The Kier molecular flexibility index (Phi) is 7.31. The molecule has 1 aliphatic heterocycles. The Morgan fingerprint density at radius 2 is 1.96 bits per heavy atom. The maximum Gasteiger partial charge on any atom is 0.277 e. The van der Waals surface area contributed by atoms with E-state index >= 15 is 0 Å². The van der Waals surface area contributed by atoms with Crippen LogP contribution in [-0.2, 0) is 4.79 Å². The van der Waals surface area contributed by atoms with Crippen molar-refractivity contribution in [2.24, 2.45) is 11.1 Å². The van der Waals surface area contributed by atoms with E-state index in [-0.39, 0.29) is 24.9 Å². The van der Waals surface area contributed by atoms with E-state index in [9.17, 15) is 18.4 Å². The van der Waals surface area contributed by atoms with Crippen LogP contribution in [0.15, 0.2) is 30.3 Å². The molecule has 1 fully saturated rings. The van der Waals surface area contributed by atoms with Crippen LogP contribution in [0.25, 0.3) is 0 Å². The number of nitrogens with zero attached hydrogens (tertiary/aromatic N) is 1. The molecule has 1 saturated heterocycles. The summed E-state index contributed by atoms with van der Waals surface area (Å²) >= 11 is 0. The van der Waals surface area contributed by atoms with Crippen LogP contribution in [0, 0.1) is 5.41 Å². The largest absolute Gasteiger partial charge is 0.349 e. The molecule has 1 atom stereocenters. The minimum Gasteiger partial charge on any atom is -0.349 e. The monoisotopic (exact) mass is 375 g/mol. The number of hydrogen-bond acceptors (Lipinski definition) is 3. The van der Waals surface area contributed by atoms with Crippen molar-refractivity contribution in [2.75, 3.05) is 26.2 Å². The zero-order valence-electron chi connectivity index (χ0n) is 14.1. The Bertz CT molecular complexity index is 601. The lowest BCUT2D eigenvalue weighted by molar-refractivity contribution is -0.134. The number of carbonyl (C=O) groups is 2. The molecule has 25 heavy (non-hydrogen) atoms. The van der Waals surface area contributed by atoms with Crippen molar-refractivity contribution in [2.45, 2.75) is 25.7 Å². The molecule has 3 N–H and O–H groups in total. The van der Waals surface area contributed by atoms with Gasteiger partial charge in [-0.1, -0.05) is 18.2 Å². The van der Waals surface area contributed by atoms with Crippen molar-refractivity contribution < 1.29 is 18.4 Å². The molecule has 2 rings (SSSR count). The topological polar surface area (TPSA) is 75.4 Å². The van der Waals surface area contributed by atoms with Crippen LogP contribution in [-0.4, -0.2) is 48.8 Å². The van der Waals surface area contributed by atoms with Crippen LogP contribution < -0.4 is 11.1 Å². The van der Waals surface area contributed by atoms with Gasteiger partial charge in [-0.2, -0.15) is 0 Å². The van der Waals surface area contributed by atoms with Crippen molar-refractivity contribution in [1.82, 2.24) is 10.2 Å². The Balaban J connectivity index is 0.00000312. The highest BCUT2D eigenvalue weighted by Gasteiger charge is 2.40. The first-order valence-electron chi connectivity index (χ1n) is 7.98. The predicted molar refractivity (Wildman–Crippen MR) is 93.9 cm³/mol. The van der Waals surface area contributed by atoms with Crippen LogP contribution in [0.4, 0.5) is 8.78 Å². The molecule has 1 aliphatic rings. The molecule has 0 saturated carbocycles. The normalized spacial score (nSPS) is 20.6. The summed E-state index contributed by atoms with van der Waals surface area (Å²) in [5.41, 5.74) is 4.65. The fourth-order valence-corrected chi connectivity index (χ4v) is 2.86. The van der Waals surface area contributed by atoms with Gasteiger partial charge in [0.15, 0.2) is 0 Å². The van der Waals surface area contributed by atoms with Gasteiger partial charge >= 0.3 is 0 Å². The molecule has 1 unspecified atom stereocenters. The van der Waals surface area contributed by atoms with Crippen molar-refractivity contribution >= 4 is 24.2 Å². The fraction of sp³-hybridized carbons (Fsp3) is 0.529. The smallest absolute Gasteiger partial charge is 0.277 e. The second kappa shape index (κ2) is 8.58. The SMILES string of the molecule is CC1(C(=O)NCC(F)(F)CN)CCCN(C(=O)c2ccccc2)C1.Cl. The van der Waals surface area contributed by atoms with E-state index in [4.69, 9.17) is 5.73 Å². The molecule has 5 nitrogen and oxygen atoms in total. The van der Waals surface area contributed by atoms with Gasteiger partial charge in [0.05, 0.1) is 18.5 Å². The molecule has 0 radical (unpaired) electrons. The molecular weight excluding hydrogens is 352 g/mol. The number of halogens is 3. The first-order chi connectivity index (χ1) is 11.3. The zero-order chi connectivity index (χ0) is 17.8. The molecule has 1 aromatic carbocycles. The summed E-state index contributed by atoms with van der Waals surface area (Å²) in [5.74, 6) is -3.75. The third-order valence-electron chi connectivity index (χ3n) is 4.36. The van der Waals surface area contributed by atoms with Crippen molar-refractivity contribution in [3.8, 4) is 0 Å². The summed E-state index contributed by atoms with van der Waals surface area (Å²) in [4.78, 5) is 26.5. The van der Waals surface area contributed by atoms with Crippen LogP contribution in [0.3, 0.4) is 0 Å². The molecule has 0 spiro atoms. The van der Waals surface area contributed by atoms with Crippen LogP contribution in [0.2, 0.25) is 0 Å². The van der Waals surface area contributed by atoms with Gasteiger partial charge in [0.1, 0.15) is 0 Å². The van der Waals surface area contributed by atoms with E-state index in [0.29, 0.717) is 24.9 Å². The number of amides is 2.